The van der Waals surface area contributed by atoms with Crippen LogP contribution in [0.4, 0.5) is 17.6 Å². The molecular weight excluding hydrogens is 364 g/mol. The van der Waals surface area contributed by atoms with Gasteiger partial charge in [-0.05, 0) is 31.2 Å². The van der Waals surface area contributed by atoms with Crippen LogP contribution in [-0.4, -0.2) is 54.3 Å². The van der Waals surface area contributed by atoms with Gasteiger partial charge in [0.1, 0.15) is 24.0 Å². The first-order valence-electron chi connectivity index (χ1n) is 9.96. The molecule has 2 aromatic heterocycles. The Morgan fingerprint density at radius 1 is 0.931 bits per heavy atom. The Morgan fingerprint density at radius 3 is 2.45 bits per heavy atom. The molecule has 1 saturated heterocycles. The van der Waals surface area contributed by atoms with Crippen LogP contribution in [0, 0.1) is 6.92 Å². The zero-order chi connectivity index (χ0) is 19.9. The molecule has 3 aromatic rings. The standard InChI is InChI=1S/C22H26N6O/c1-18-17-20(23-11-16-29-19-7-3-2-4-8-19)26-22(25-18)28-14-12-27(13-15-28)21-9-5-6-10-24-21/h2-10,17H,11-16H2,1H3,(H,23,25,26). The van der Waals surface area contributed by atoms with E-state index in [0.717, 1.165) is 55.2 Å². The van der Waals surface area contributed by atoms with Crippen molar-refractivity contribution in [2.45, 2.75) is 6.92 Å². The Bertz CT molecular complexity index is 898. The molecule has 29 heavy (non-hydrogen) atoms. The van der Waals surface area contributed by atoms with Crippen LogP contribution in [0.25, 0.3) is 0 Å². The number of ether oxygens (including phenoxy) is 1. The van der Waals surface area contributed by atoms with Crippen molar-refractivity contribution in [2.75, 3.05) is 54.4 Å². The van der Waals surface area contributed by atoms with Gasteiger partial charge in [0.15, 0.2) is 0 Å². The number of piperazine rings is 1. The molecular formula is C22H26N6O. The van der Waals surface area contributed by atoms with Gasteiger partial charge >= 0.3 is 0 Å². The summed E-state index contributed by atoms with van der Waals surface area (Å²) < 4.78 is 5.73. The van der Waals surface area contributed by atoms with Gasteiger partial charge in [0.05, 0.1) is 6.54 Å². The normalized spacial score (nSPS) is 14.0. The summed E-state index contributed by atoms with van der Waals surface area (Å²) in [6.07, 6.45) is 1.84. The summed E-state index contributed by atoms with van der Waals surface area (Å²) in [5.41, 5.74) is 0.952. The number of nitrogens with one attached hydrogen (secondary N) is 1. The van der Waals surface area contributed by atoms with Crippen LogP contribution in [0.15, 0.2) is 60.8 Å². The van der Waals surface area contributed by atoms with E-state index >= 15 is 0 Å². The van der Waals surface area contributed by atoms with E-state index in [4.69, 9.17) is 9.72 Å². The van der Waals surface area contributed by atoms with Crippen molar-refractivity contribution in [1.82, 2.24) is 15.0 Å². The molecule has 0 spiro atoms. The summed E-state index contributed by atoms with van der Waals surface area (Å²) in [4.78, 5) is 18.3. The Hall–Kier alpha value is -3.35. The molecule has 150 valence electrons. The molecule has 0 radical (unpaired) electrons. The fraction of sp³-hybridized carbons (Fsp3) is 0.318. The second-order valence-electron chi connectivity index (χ2n) is 6.94. The number of nitrogens with zero attached hydrogens (tertiary/aromatic N) is 5. The third kappa shape index (κ3) is 5.13. The molecule has 4 rings (SSSR count). The van der Waals surface area contributed by atoms with Crippen molar-refractivity contribution in [3.8, 4) is 5.75 Å². The lowest BCUT2D eigenvalue weighted by Gasteiger charge is -2.35. The SMILES string of the molecule is Cc1cc(NCCOc2ccccc2)nc(N2CCN(c3ccccn3)CC2)n1. The molecule has 1 fully saturated rings. The topological polar surface area (TPSA) is 66.4 Å². The summed E-state index contributed by atoms with van der Waals surface area (Å²) in [5.74, 6) is 3.51. The van der Waals surface area contributed by atoms with Crippen LogP contribution in [0.2, 0.25) is 0 Å². The maximum absolute atomic E-state index is 5.73. The highest BCUT2D eigenvalue weighted by Gasteiger charge is 2.20. The molecule has 7 nitrogen and oxygen atoms in total. The lowest BCUT2D eigenvalue weighted by Crippen LogP contribution is -2.47. The fourth-order valence-electron chi connectivity index (χ4n) is 3.33. The first-order chi connectivity index (χ1) is 14.3. The summed E-state index contributed by atoms with van der Waals surface area (Å²) in [5, 5.41) is 3.35. The Balaban J connectivity index is 1.31. The van der Waals surface area contributed by atoms with E-state index in [1.807, 2.05) is 61.7 Å². The molecule has 1 aliphatic rings. The van der Waals surface area contributed by atoms with Gasteiger partial charge in [0.2, 0.25) is 5.95 Å². The van der Waals surface area contributed by atoms with Gasteiger partial charge in [0.25, 0.3) is 0 Å². The molecule has 1 N–H and O–H groups in total. The van der Waals surface area contributed by atoms with E-state index in [9.17, 15) is 0 Å². The zero-order valence-corrected chi connectivity index (χ0v) is 16.7. The number of rotatable bonds is 7. The summed E-state index contributed by atoms with van der Waals surface area (Å²) in [6.45, 7) is 6.81. The highest BCUT2D eigenvalue weighted by Crippen LogP contribution is 2.18. The van der Waals surface area contributed by atoms with E-state index < -0.39 is 0 Å². The van der Waals surface area contributed by atoms with E-state index in [-0.39, 0.29) is 0 Å². The highest BCUT2D eigenvalue weighted by molar-refractivity contribution is 5.46. The first-order valence-corrected chi connectivity index (χ1v) is 9.96. The predicted octanol–water partition coefficient (Wildman–Crippen LogP) is 3.00. The highest BCUT2D eigenvalue weighted by atomic mass is 16.5. The van der Waals surface area contributed by atoms with E-state index in [0.29, 0.717) is 13.2 Å². The van der Waals surface area contributed by atoms with Crippen LogP contribution in [-0.2, 0) is 0 Å². The molecule has 0 unspecified atom stereocenters. The maximum Gasteiger partial charge on any atom is 0.227 e. The Labute approximate surface area is 171 Å². The lowest BCUT2D eigenvalue weighted by molar-refractivity contribution is 0.333. The Morgan fingerprint density at radius 2 is 1.69 bits per heavy atom. The number of pyridine rings is 1. The summed E-state index contributed by atoms with van der Waals surface area (Å²) >= 11 is 0. The average Bonchev–Trinajstić information content (AvgIpc) is 2.78. The van der Waals surface area contributed by atoms with Crippen LogP contribution in [0.3, 0.4) is 0 Å². The summed E-state index contributed by atoms with van der Waals surface area (Å²) in [7, 11) is 0. The number of hydrogen-bond acceptors (Lipinski definition) is 7. The van der Waals surface area contributed by atoms with Gasteiger partial charge in [0, 0.05) is 44.1 Å². The van der Waals surface area contributed by atoms with Gasteiger partial charge < -0.3 is 19.9 Å². The fourth-order valence-corrected chi connectivity index (χ4v) is 3.33. The van der Waals surface area contributed by atoms with Crippen molar-refractivity contribution < 1.29 is 4.74 Å². The number of para-hydroxylation sites is 1. The van der Waals surface area contributed by atoms with Crippen LogP contribution < -0.4 is 19.9 Å². The zero-order valence-electron chi connectivity index (χ0n) is 16.7. The molecule has 0 atom stereocenters. The second-order valence-corrected chi connectivity index (χ2v) is 6.94. The smallest absolute Gasteiger partial charge is 0.227 e. The second kappa shape index (κ2) is 9.23. The molecule has 1 aliphatic heterocycles. The number of aromatic nitrogens is 3. The van der Waals surface area contributed by atoms with Crippen molar-refractivity contribution in [3.63, 3.8) is 0 Å². The van der Waals surface area contributed by atoms with E-state index in [2.05, 4.69) is 31.2 Å². The minimum atomic E-state index is 0.575. The number of benzene rings is 1. The van der Waals surface area contributed by atoms with Gasteiger partial charge in [-0.25, -0.2) is 9.97 Å². The number of hydrogen-bond donors (Lipinski definition) is 1. The van der Waals surface area contributed by atoms with Crippen molar-refractivity contribution in [2.24, 2.45) is 0 Å². The average molecular weight is 390 g/mol. The predicted molar refractivity (Wildman–Crippen MR) is 116 cm³/mol. The molecule has 1 aromatic carbocycles. The van der Waals surface area contributed by atoms with Crippen LogP contribution >= 0.6 is 0 Å². The van der Waals surface area contributed by atoms with Crippen molar-refractivity contribution >= 4 is 17.6 Å². The monoisotopic (exact) mass is 390 g/mol. The third-order valence-corrected chi connectivity index (χ3v) is 4.80. The van der Waals surface area contributed by atoms with Gasteiger partial charge in [-0.2, -0.15) is 4.98 Å². The number of aryl methyl sites for hydroxylation is 1. The molecule has 0 bridgehead atoms. The molecule has 7 heteroatoms. The van der Waals surface area contributed by atoms with Gasteiger partial charge in [-0.1, -0.05) is 24.3 Å². The van der Waals surface area contributed by atoms with E-state index in [1.165, 1.54) is 0 Å². The quantitative estimate of drug-likeness (QED) is 0.622. The van der Waals surface area contributed by atoms with Crippen molar-refractivity contribution in [3.05, 3.63) is 66.5 Å². The first kappa shape index (κ1) is 19.0. The molecule has 0 saturated carbocycles. The van der Waals surface area contributed by atoms with Gasteiger partial charge in [-0.3, -0.25) is 0 Å². The minimum absolute atomic E-state index is 0.575. The van der Waals surface area contributed by atoms with Crippen molar-refractivity contribution in [1.29, 1.82) is 0 Å². The molecule has 0 aliphatic carbocycles. The van der Waals surface area contributed by atoms with Crippen LogP contribution in [0.5, 0.6) is 5.75 Å². The summed E-state index contributed by atoms with van der Waals surface area (Å²) in [6, 6.07) is 17.8. The van der Waals surface area contributed by atoms with Crippen LogP contribution in [0.1, 0.15) is 5.69 Å². The molecule has 3 heterocycles. The molecule has 0 amide bonds. The number of anilines is 3. The van der Waals surface area contributed by atoms with Gasteiger partial charge in [-0.15, -0.1) is 0 Å². The van der Waals surface area contributed by atoms with E-state index in [1.54, 1.807) is 0 Å². The third-order valence-electron chi connectivity index (χ3n) is 4.80. The maximum atomic E-state index is 5.73. The largest absolute Gasteiger partial charge is 0.492 e. The lowest BCUT2D eigenvalue weighted by atomic mass is 10.3. The minimum Gasteiger partial charge on any atom is -0.492 e. The Kier molecular flexibility index (Phi) is 6.04.